The maximum Gasteiger partial charge on any atom is 0.226 e. The second-order valence-electron chi connectivity index (χ2n) is 6.72. The Balaban J connectivity index is 1.59. The van der Waals surface area contributed by atoms with Crippen molar-refractivity contribution in [2.24, 2.45) is 5.92 Å². The summed E-state index contributed by atoms with van der Waals surface area (Å²) in [5.74, 6) is 0.516. The van der Waals surface area contributed by atoms with Crippen LogP contribution in [0.25, 0.3) is 0 Å². The number of methoxy groups -OCH3 is 1. The Hall–Kier alpha value is -1.17. The Bertz CT molecular complexity index is 686. The molecule has 0 radical (unpaired) electrons. The van der Waals surface area contributed by atoms with E-state index >= 15 is 0 Å². The molecule has 0 spiro atoms. The topological polar surface area (TPSA) is 29.5 Å². The van der Waals surface area contributed by atoms with Crippen LogP contribution in [0.5, 0.6) is 0 Å². The van der Waals surface area contributed by atoms with Crippen LogP contribution in [0, 0.1) is 5.92 Å². The highest BCUT2D eigenvalue weighted by Gasteiger charge is 2.37. The molecule has 5 heteroatoms. The normalized spacial score (nSPS) is 27.0. The van der Waals surface area contributed by atoms with Gasteiger partial charge in [-0.05, 0) is 60.6 Å². The molecule has 2 aromatic heterocycles. The lowest BCUT2D eigenvalue weighted by atomic mass is 9.85. The van der Waals surface area contributed by atoms with Gasteiger partial charge in [-0.1, -0.05) is 6.07 Å². The minimum Gasteiger partial charge on any atom is -0.381 e. The summed E-state index contributed by atoms with van der Waals surface area (Å²) in [5.41, 5.74) is 1.42. The van der Waals surface area contributed by atoms with Gasteiger partial charge in [0.2, 0.25) is 5.91 Å². The lowest BCUT2D eigenvalue weighted by Crippen LogP contribution is -2.44. The van der Waals surface area contributed by atoms with Crippen molar-refractivity contribution in [2.75, 3.05) is 13.7 Å². The van der Waals surface area contributed by atoms with E-state index in [-0.39, 0.29) is 12.0 Å². The van der Waals surface area contributed by atoms with Crippen molar-refractivity contribution in [1.29, 1.82) is 0 Å². The highest BCUT2D eigenvalue weighted by atomic mass is 32.1. The quantitative estimate of drug-likeness (QED) is 0.806. The van der Waals surface area contributed by atoms with Crippen molar-refractivity contribution in [3.63, 3.8) is 0 Å². The molecule has 0 saturated heterocycles. The molecule has 24 heavy (non-hydrogen) atoms. The molecular weight excluding hydrogens is 338 g/mol. The molecule has 0 aromatic carbocycles. The van der Waals surface area contributed by atoms with Crippen LogP contribution in [-0.4, -0.2) is 30.6 Å². The second kappa shape index (κ2) is 6.98. The van der Waals surface area contributed by atoms with Crippen molar-refractivity contribution in [2.45, 2.75) is 44.2 Å². The third-order valence-electron chi connectivity index (χ3n) is 5.42. The summed E-state index contributed by atoms with van der Waals surface area (Å²) < 4.78 is 5.46. The van der Waals surface area contributed by atoms with E-state index in [9.17, 15) is 4.79 Å². The van der Waals surface area contributed by atoms with E-state index in [0.717, 1.165) is 38.6 Å². The molecular formula is C19H23NO2S2. The average Bonchev–Trinajstić information content (AvgIpc) is 3.31. The van der Waals surface area contributed by atoms with Gasteiger partial charge in [0.05, 0.1) is 6.10 Å². The summed E-state index contributed by atoms with van der Waals surface area (Å²) in [7, 11) is 1.78. The number of fused-ring (bicyclic) bond motifs is 1. The summed E-state index contributed by atoms with van der Waals surface area (Å²) in [4.78, 5) is 18.1. The van der Waals surface area contributed by atoms with E-state index in [1.54, 1.807) is 29.8 Å². The first-order chi connectivity index (χ1) is 11.8. The predicted molar refractivity (Wildman–Crippen MR) is 98.7 cm³/mol. The van der Waals surface area contributed by atoms with Gasteiger partial charge in [-0.25, -0.2) is 0 Å². The number of carbonyl (C=O) groups excluding carboxylic acids is 1. The maximum absolute atomic E-state index is 13.3. The number of hydrogen-bond acceptors (Lipinski definition) is 4. The maximum atomic E-state index is 13.3. The van der Waals surface area contributed by atoms with Gasteiger partial charge in [-0.15, -0.1) is 22.7 Å². The van der Waals surface area contributed by atoms with Crippen LogP contribution >= 0.6 is 22.7 Å². The van der Waals surface area contributed by atoms with Crippen LogP contribution in [0.3, 0.4) is 0 Å². The fourth-order valence-corrected chi connectivity index (χ4v) is 6.06. The van der Waals surface area contributed by atoms with Gasteiger partial charge in [0.15, 0.2) is 0 Å². The molecule has 1 aliphatic carbocycles. The molecule has 1 unspecified atom stereocenters. The Labute approximate surface area is 151 Å². The molecule has 4 rings (SSSR count). The van der Waals surface area contributed by atoms with Crippen molar-refractivity contribution >= 4 is 28.6 Å². The number of nitrogens with zero attached hydrogens (tertiary/aromatic N) is 1. The second-order valence-corrected chi connectivity index (χ2v) is 8.65. The molecule has 128 valence electrons. The largest absolute Gasteiger partial charge is 0.381 e. The van der Waals surface area contributed by atoms with E-state index < -0.39 is 0 Å². The zero-order valence-corrected chi connectivity index (χ0v) is 15.6. The third-order valence-corrected chi connectivity index (χ3v) is 7.35. The monoisotopic (exact) mass is 361 g/mol. The first-order valence-electron chi connectivity index (χ1n) is 8.71. The minimum absolute atomic E-state index is 0.126. The van der Waals surface area contributed by atoms with Gasteiger partial charge in [0, 0.05) is 29.3 Å². The standard InChI is InChI=1S/C19H23NO2S2/c1-22-15-6-4-14(5-7-15)19(21)20-10-8-13-9-12-24-18(13)17(20)16-3-2-11-23-16/h2-3,9,11-12,14-15,17H,4-8,10H2,1H3. The van der Waals surface area contributed by atoms with Crippen molar-refractivity contribution in [3.05, 3.63) is 44.3 Å². The SMILES string of the molecule is COC1CCC(C(=O)N2CCc3ccsc3C2c2cccs2)CC1. The zero-order chi connectivity index (χ0) is 16.5. The first kappa shape index (κ1) is 16.3. The summed E-state index contributed by atoms with van der Waals surface area (Å²) in [6, 6.07) is 6.62. The number of ether oxygens (including phenoxy) is 1. The fraction of sp³-hybridized carbons (Fsp3) is 0.526. The van der Waals surface area contributed by atoms with E-state index in [1.807, 2.05) is 0 Å². The van der Waals surface area contributed by atoms with Crippen molar-refractivity contribution < 1.29 is 9.53 Å². The number of hydrogen-bond donors (Lipinski definition) is 0. The lowest BCUT2D eigenvalue weighted by molar-refractivity contribution is -0.139. The zero-order valence-electron chi connectivity index (χ0n) is 13.9. The van der Waals surface area contributed by atoms with Gasteiger partial charge < -0.3 is 9.64 Å². The predicted octanol–water partition coefficient (Wildman–Crippen LogP) is 4.49. The molecule has 1 atom stereocenters. The van der Waals surface area contributed by atoms with Crippen LogP contribution in [0.2, 0.25) is 0 Å². The molecule has 2 aromatic rings. The number of carbonyl (C=O) groups is 1. The van der Waals surface area contributed by atoms with Gasteiger partial charge >= 0.3 is 0 Å². The third kappa shape index (κ3) is 2.93. The van der Waals surface area contributed by atoms with Gasteiger partial charge in [-0.3, -0.25) is 4.79 Å². The summed E-state index contributed by atoms with van der Waals surface area (Å²) in [6.45, 7) is 0.843. The van der Waals surface area contributed by atoms with Gasteiger partial charge in [0.25, 0.3) is 0 Å². The lowest BCUT2D eigenvalue weighted by Gasteiger charge is -2.38. The Morgan fingerprint density at radius 2 is 2.00 bits per heavy atom. The molecule has 1 aliphatic heterocycles. The van der Waals surface area contributed by atoms with Gasteiger partial charge in [0.1, 0.15) is 6.04 Å². The molecule has 3 nitrogen and oxygen atoms in total. The molecule has 1 amide bonds. The van der Waals surface area contributed by atoms with Crippen LogP contribution < -0.4 is 0 Å². The molecule has 2 aliphatic rings. The van der Waals surface area contributed by atoms with E-state index in [4.69, 9.17) is 4.74 Å². The minimum atomic E-state index is 0.126. The fourth-order valence-electron chi connectivity index (χ4n) is 4.05. The van der Waals surface area contributed by atoms with Crippen LogP contribution in [0.1, 0.15) is 47.0 Å². The van der Waals surface area contributed by atoms with Gasteiger partial charge in [-0.2, -0.15) is 0 Å². The Kier molecular flexibility index (Phi) is 4.74. The highest BCUT2D eigenvalue weighted by molar-refractivity contribution is 7.11. The molecule has 3 heterocycles. The Morgan fingerprint density at radius 1 is 1.17 bits per heavy atom. The van der Waals surface area contributed by atoms with E-state index in [1.165, 1.54) is 15.3 Å². The smallest absolute Gasteiger partial charge is 0.226 e. The molecule has 0 bridgehead atoms. The van der Waals surface area contributed by atoms with Crippen LogP contribution in [0.4, 0.5) is 0 Å². The van der Waals surface area contributed by atoms with Crippen molar-refractivity contribution in [1.82, 2.24) is 4.90 Å². The summed E-state index contributed by atoms with van der Waals surface area (Å²) >= 11 is 3.56. The first-order valence-corrected chi connectivity index (χ1v) is 10.5. The van der Waals surface area contributed by atoms with Crippen LogP contribution in [-0.2, 0) is 16.0 Å². The highest BCUT2D eigenvalue weighted by Crippen LogP contribution is 2.41. The molecule has 1 saturated carbocycles. The van der Waals surface area contributed by atoms with Crippen molar-refractivity contribution in [3.8, 4) is 0 Å². The summed E-state index contributed by atoms with van der Waals surface area (Å²) in [6.07, 6.45) is 5.26. The average molecular weight is 362 g/mol. The number of thiophene rings is 2. The van der Waals surface area contributed by atoms with E-state index in [2.05, 4.69) is 33.9 Å². The summed E-state index contributed by atoms with van der Waals surface area (Å²) in [5, 5.41) is 4.28. The molecule has 1 fully saturated rings. The Morgan fingerprint density at radius 3 is 2.71 bits per heavy atom. The molecule has 0 N–H and O–H groups in total. The van der Waals surface area contributed by atoms with E-state index in [0.29, 0.717) is 12.0 Å². The number of amides is 1. The van der Waals surface area contributed by atoms with Crippen LogP contribution in [0.15, 0.2) is 29.0 Å². The number of rotatable bonds is 3.